The Labute approximate surface area is 142 Å². The van der Waals surface area contributed by atoms with Crippen molar-refractivity contribution in [3.63, 3.8) is 0 Å². The largest absolute Gasteiger partial charge is 0.478 e. The number of aromatic carboxylic acids is 1. The van der Waals surface area contributed by atoms with Crippen molar-refractivity contribution in [1.82, 2.24) is 9.21 Å². The summed E-state index contributed by atoms with van der Waals surface area (Å²) in [6.45, 7) is 2.66. The van der Waals surface area contributed by atoms with E-state index in [1.807, 2.05) is 0 Å². The number of benzene rings is 1. The fraction of sp³-hybridized carbons (Fsp3) is 0.562. The molecule has 1 aromatic rings. The number of carbonyl (C=O) groups is 1. The van der Waals surface area contributed by atoms with Crippen molar-refractivity contribution in [2.75, 3.05) is 39.8 Å². The van der Waals surface area contributed by atoms with Gasteiger partial charge in [-0.25, -0.2) is 17.5 Å². The first-order valence-electron chi connectivity index (χ1n) is 7.98. The zero-order valence-corrected chi connectivity index (χ0v) is 14.6. The molecule has 1 aliphatic rings. The van der Waals surface area contributed by atoms with Crippen molar-refractivity contribution in [3.05, 3.63) is 29.8 Å². The molecule has 0 aliphatic carbocycles. The van der Waals surface area contributed by atoms with Crippen molar-refractivity contribution in [2.24, 2.45) is 5.92 Å². The molecule has 1 fully saturated rings. The standard InChI is InChI=1S/C16H24N2O5S/c1-17(11-13-5-4-8-18(12-13)9-10-19)24(22,23)15-7-3-2-6-14(15)16(20)21/h2-3,6-7,13,19H,4-5,8-12H2,1H3,(H,20,21). The lowest BCUT2D eigenvalue weighted by Crippen LogP contribution is -2.42. The van der Waals surface area contributed by atoms with Gasteiger partial charge in [0.25, 0.3) is 0 Å². The maximum Gasteiger partial charge on any atom is 0.337 e. The van der Waals surface area contributed by atoms with E-state index in [4.69, 9.17) is 5.11 Å². The second-order valence-corrected chi connectivity index (χ2v) is 8.13. The first-order chi connectivity index (χ1) is 11.4. The highest BCUT2D eigenvalue weighted by Gasteiger charge is 2.29. The quantitative estimate of drug-likeness (QED) is 0.747. The van der Waals surface area contributed by atoms with Gasteiger partial charge < -0.3 is 15.1 Å². The Kier molecular flexibility index (Phi) is 6.34. The van der Waals surface area contributed by atoms with Crippen molar-refractivity contribution in [3.8, 4) is 0 Å². The molecular formula is C16H24N2O5S. The van der Waals surface area contributed by atoms with Gasteiger partial charge in [-0.15, -0.1) is 0 Å². The molecule has 0 amide bonds. The van der Waals surface area contributed by atoms with Crippen molar-refractivity contribution in [2.45, 2.75) is 17.7 Å². The minimum atomic E-state index is -3.86. The molecule has 0 radical (unpaired) electrons. The Morgan fingerprint density at radius 3 is 2.75 bits per heavy atom. The molecular weight excluding hydrogens is 332 g/mol. The van der Waals surface area contributed by atoms with Crippen LogP contribution >= 0.6 is 0 Å². The lowest BCUT2D eigenvalue weighted by atomic mass is 9.98. The number of carboxylic acid groups (broad SMARTS) is 1. The fourth-order valence-corrected chi connectivity index (χ4v) is 4.57. The summed E-state index contributed by atoms with van der Waals surface area (Å²) >= 11 is 0. The van der Waals surface area contributed by atoms with Crippen molar-refractivity contribution >= 4 is 16.0 Å². The number of hydrogen-bond acceptors (Lipinski definition) is 5. The predicted octanol–water partition coefficient (Wildman–Crippen LogP) is 0.710. The first kappa shape index (κ1) is 18.9. The van der Waals surface area contributed by atoms with E-state index < -0.39 is 16.0 Å². The second-order valence-electron chi connectivity index (χ2n) is 6.12. The molecule has 1 heterocycles. The van der Waals surface area contributed by atoms with Crippen LogP contribution in [-0.2, 0) is 10.0 Å². The van der Waals surface area contributed by atoms with E-state index in [0.29, 0.717) is 13.1 Å². The fourth-order valence-electron chi connectivity index (χ4n) is 3.14. The number of hydrogen-bond donors (Lipinski definition) is 2. The highest BCUT2D eigenvalue weighted by atomic mass is 32.2. The van der Waals surface area contributed by atoms with Gasteiger partial charge in [0.15, 0.2) is 0 Å². The number of nitrogens with zero attached hydrogens (tertiary/aromatic N) is 2. The van der Waals surface area contributed by atoms with Gasteiger partial charge in [-0.3, -0.25) is 0 Å². The average Bonchev–Trinajstić information content (AvgIpc) is 2.55. The minimum Gasteiger partial charge on any atom is -0.478 e. The van der Waals surface area contributed by atoms with Gasteiger partial charge in [0.1, 0.15) is 0 Å². The zero-order chi connectivity index (χ0) is 17.7. The highest BCUT2D eigenvalue weighted by molar-refractivity contribution is 7.89. The number of piperidine rings is 1. The summed E-state index contributed by atoms with van der Waals surface area (Å²) < 4.78 is 26.7. The van der Waals surface area contributed by atoms with E-state index in [9.17, 15) is 18.3 Å². The van der Waals surface area contributed by atoms with Crippen LogP contribution in [0.2, 0.25) is 0 Å². The van der Waals surface area contributed by atoms with Crippen molar-refractivity contribution < 1.29 is 23.4 Å². The Bertz CT molecular complexity index is 675. The summed E-state index contributed by atoms with van der Waals surface area (Å²) in [5.74, 6) is -1.09. The predicted molar refractivity (Wildman–Crippen MR) is 89.5 cm³/mol. The number of rotatable bonds is 7. The van der Waals surface area contributed by atoms with Gasteiger partial charge in [0.05, 0.1) is 17.1 Å². The topological polar surface area (TPSA) is 98.2 Å². The van der Waals surface area contributed by atoms with Crippen LogP contribution in [0.5, 0.6) is 0 Å². The van der Waals surface area contributed by atoms with E-state index in [2.05, 4.69) is 4.90 Å². The van der Waals surface area contributed by atoms with Crippen LogP contribution in [0.1, 0.15) is 23.2 Å². The molecule has 1 aromatic carbocycles. The van der Waals surface area contributed by atoms with Gasteiger partial charge in [-0.05, 0) is 37.4 Å². The summed E-state index contributed by atoms with van der Waals surface area (Å²) in [5, 5.41) is 18.3. The third-order valence-corrected chi connectivity index (χ3v) is 6.22. The second kappa shape index (κ2) is 8.06. The SMILES string of the molecule is CN(CC1CCCN(CCO)C1)S(=O)(=O)c1ccccc1C(=O)O. The molecule has 0 bridgehead atoms. The Balaban J connectivity index is 2.14. The Morgan fingerprint density at radius 2 is 2.08 bits per heavy atom. The number of aliphatic hydroxyl groups is 1. The maximum atomic E-state index is 12.7. The van der Waals surface area contributed by atoms with Gasteiger partial charge in [0, 0.05) is 26.7 Å². The maximum absolute atomic E-state index is 12.7. The minimum absolute atomic E-state index is 0.0901. The van der Waals surface area contributed by atoms with Crippen LogP contribution in [0.3, 0.4) is 0 Å². The molecule has 1 atom stereocenters. The molecule has 24 heavy (non-hydrogen) atoms. The van der Waals surface area contributed by atoms with E-state index >= 15 is 0 Å². The van der Waals surface area contributed by atoms with E-state index in [0.717, 1.165) is 25.9 Å². The van der Waals surface area contributed by atoms with Gasteiger partial charge in [-0.2, -0.15) is 0 Å². The van der Waals surface area contributed by atoms with Crippen molar-refractivity contribution in [1.29, 1.82) is 0 Å². The number of sulfonamides is 1. The molecule has 0 aromatic heterocycles. The van der Waals surface area contributed by atoms with E-state index in [1.54, 1.807) is 0 Å². The van der Waals surface area contributed by atoms with Gasteiger partial charge in [0.2, 0.25) is 10.0 Å². The van der Waals surface area contributed by atoms with E-state index in [-0.39, 0.29) is 23.0 Å². The first-order valence-corrected chi connectivity index (χ1v) is 9.42. The highest BCUT2D eigenvalue weighted by Crippen LogP contribution is 2.23. The summed E-state index contributed by atoms with van der Waals surface area (Å²) in [6.07, 6.45) is 1.88. The van der Waals surface area contributed by atoms with Crippen LogP contribution < -0.4 is 0 Å². The summed E-state index contributed by atoms with van der Waals surface area (Å²) in [6, 6.07) is 5.66. The molecule has 1 unspecified atom stereocenters. The molecule has 2 rings (SSSR count). The van der Waals surface area contributed by atoms with Gasteiger partial charge >= 0.3 is 5.97 Å². The third kappa shape index (κ3) is 4.32. The lowest BCUT2D eigenvalue weighted by molar-refractivity contribution is 0.0692. The molecule has 0 spiro atoms. The molecule has 134 valence electrons. The smallest absolute Gasteiger partial charge is 0.337 e. The number of β-amino-alcohol motifs (C(OH)–C–C–N with tert-alkyl or cyclic N) is 1. The average molecular weight is 356 g/mol. The normalized spacial score (nSPS) is 19.5. The number of likely N-dealkylation sites (tertiary alicyclic amines) is 1. The monoisotopic (exact) mass is 356 g/mol. The van der Waals surface area contributed by atoms with E-state index in [1.165, 1.54) is 35.6 Å². The molecule has 1 saturated heterocycles. The summed E-state index contributed by atoms with van der Waals surface area (Å²) in [4.78, 5) is 13.2. The van der Waals surface area contributed by atoms with Crippen LogP contribution in [0, 0.1) is 5.92 Å². The molecule has 2 N–H and O–H groups in total. The summed E-state index contributed by atoms with van der Waals surface area (Å²) in [7, 11) is -2.37. The van der Waals surface area contributed by atoms with Gasteiger partial charge in [-0.1, -0.05) is 12.1 Å². The summed E-state index contributed by atoms with van der Waals surface area (Å²) in [5.41, 5.74) is -0.213. The lowest BCUT2D eigenvalue weighted by Gasteiger charge is -2.34. The Morgan fingerprint density at radius 1 is 1.38 bits per heavy atom. The molecule has 7 nitrogen and oxygen atoms in total. The molecule has 8 heteroatoms. The zero-order valence-electron chi connectivity index (χ0n) is 13.8. The third-order valence-electron chi connectivity index (χ3n) is 4.34. The van der Waals surface area contributed by atoms with Crippen LogP contribution in [0.15, 0.2) is 29.2 Å². The number of carboxylic acids is 1. The molecule has 0 saturated carbocycles. The van der Waals surface area contributed by atoms with Crippen LogP contribution in [0.25, 0.3) is 0 Å². The Hall–Kier alpha value is -1.48. The molecule has 1 aliphatic heterocycles. The van der Waals surface area contributed by atoms with Crippen LogP contribution in [0.4, 0.5) is 0 Å². The van der Waals surface area contributed by atoms with Crippen LogP contribution in [-0.4, -0.2) is 73.6 Å². The number of aliphatic hydroxyl groups excluding tert-OH is 1.